The molecule has 1 saturated heterocycles. The summed E-state index contributed by atoms with van der Waals surface area (Å²) in [5, 5.41) is 3.18. The Hall–Kier alpha value is -2.41. The number of aryl methyl sites for hydroxylation is 1. The molecule has 7 nitrogen and oxygen atoms in total. The smallest absolute Gasteiger partial charge is 0.331 e. The summed E-state index contributed by atoms with van der Waals surface area (Å²) in [6, 6.07) is 6.94. The van der Waals surface area contributed by atoms with E-state index in [0.717, 1.165) is 17.4 Å². The van der Waals surface area contributed by atoms with Gasteiger partial charge < -0.3 is 10.1 Å². The average molecular weight is 331 g/mol. The first-order chi connectivity index (χ1) is 11.6. The topological polar surface area (TPSA) is 82.3 Å². The summed E-state index contributed by atoms with van der Waals surface area (Å²) in [5.41, 5.74) is -0.313. The zero-order chi connectivity index (χ0) is 17.1. The summed E-state index contributed by atoms with van der Waals surface area (Å²) in [4.78, 5) is 37.2. The van der Waals surface area contributed by atoms with Crippen LogP contribution in [0, 0.1) is 0 Å². The van der Waals surface area contributed by atoms with Gasteiger partial charge in [-0.3, -0.25) is 18.7 Å². The molecular formula is C17H21N3O4. The van der Waals surface area contributed by atoms with Gasteiger partial charge in [0, 0.05) is 19.7 Å². The maximum absolute atomic E-state index is 12.6. The Morgan fingerprint density at radius 2 is 2.08 bits per heavy atom. The number of para-hydroxylation sites is 1. The van der Waals surface area contributed by atoms with E-state index in [2.05, 4.69) is 5.32 Å². The van der Waals surface area contributed by atoms with Gasteiger partial charge in [0.15, 0.2) is 0 Å². The van der Waals surface area contributed by atoms with E-state index < -0.39 is 11.2 Å². The van der Waals surface area contributed by atoms with E-state index in [0.29, 0.717) is 30.6 Å². The molecule has 0 spiro atoms. The summed E-state index contributed by atoms with van der Waals surface area (Å²) in [6.07, 6.45) is 1.93. The maximum atomic E-state index is 12.6. The van der Waals surface area contributed by atoms with Gasteiger partial charge in [0.05, 0.1) is 17.0 Å². The van der Waals surface area contributed by atoms with Crippen molar-refractivity contribution in [1.29, 1.82) is 0 Å². The van der Waals surface area contributed by atoms with Crippen molar-refractivity contribution in [3.8, 4) is 0 Å². The molecule has 0 bridgehead atoms. The van der Waals surface area contributed by atoms with Gasteiger partial charge in [-0.25, -0.2) is 4.79 Å². The Morgan fingerprint density at radius 1 is 1.29 bits per heavy atom. The van der Waals surface area contributed by atoms with Gasteiger partial charge in [0.1, 0.15) is 6.54 Å². The lowest BCUT2D eigenvalue weighted by molar-refractivity contribution is -0.122. The quantitative estimate of drug-likeness (QED) is 0.864. The van der Waals surface area contributed by atoms with Crippen molar-refractivity contribution in [3.63, 3.8) is 0 Å². The number of amides is 1. The SMILES string of the molecule is CCn1c(=O)n(CC(=O)NCC2CCCO2)c(=O)c2ccccc21. The van der Waals surface area contributed by atoms with Crippen LogP contribution >= 0.6 is 0 Å². The predicted octanol–water partition coefficient (Wildman–Crippen LogP) is 0.478. The van der Waals surface area contributed by atoms with Crippen molar-refractivity contribution in [2.45, 2.75) is 39.0 Å². The van der Waals surface area contributed by atoms with E-state index in [1.54, 1.807) is 24.3 Å². The van der Waals surface area contributed by atoms with Crippen molar-refractivity contribution < 1.29 is 9.53 Å². The second-order valence-electron chi connectivity index (χ2n) is 5.87. The fourth-order valence-corrected chi connectivity index (χ4v) is 3.05. The van der Waals surface area contributed by atoms with Gasteiger partial charge in [0.2, 0.25) is 5.91 Å². The number of aromatic nitrogens is 2. The van der Waals surface area contributed by atoms with Crippen LogP contribution in [0.2, 0.25) is 0 Å². The van der Waals surface area contributed by atoms with Crippen LogP contribution in [-0.2, 0) is 22.6 Å². The molecule has 1 aliphatic rings. The van der Waals surface area contributed by atoms with Gasteiger partial charge >= 0.3 is 5.69 Å². The number of nitrogens with one attached hydrogen (secondary N) is 1. The summed E-state index contributed by atoms with van der Waals surface area (Å²) in [7, 11) is 0. The summed E-state index contributed by atoms with van der Waals surface area (Å²) in [5.74, 6) is -0.359. The minimum atomic E-state index is -0.464. The molecule has 1 amide bonds. The molecule has 2 aromatic rings. The molecule has 24 heavy (non-hydrogen) atoms. The average Bonchev–Trinajstić information content (AvgIpc) is 3.11. The largest absolute Gasteiger partial charge is 0.376 e. The standard InChI is InChI=1S/C17H21N3O4/c1-2-19-14-8-4-3-7-13(14)16(22)20(17(19)23)11-15(21)18-10-12-6-5-9-24-12/h3-4,7-8,12H,2,5-6,9-11H2,1H3,(H,18,21). The highest BCUT2D eigenvalue weighted by Crippen LogP contribution is 2.10. The second kappa shape index (κ2) is 7.00. The number of benzene rings is 1. The molecule has 1 aromatic heterocycles. The molecule has 0 radical (unpaired) electrons. The first-order valence-corrected chi connectivity index (χ1v) is 8.22. The Labute approximate surface area is 138 Å². The number of ether oxygens (including phenoxy) is 1. The van der Waals surface area contributed by atoms with Crippen LogP contribution in [0.1, 0.15) is 19.8 Å². The molecule has 1 fully saturated rings. The molecule has 0 saturated carbocycles. The number of hydrogen-bond donors (Lipinski definition) is 1. The fourth-order valence-electron chi connectivity index (χ4n) is 3.05. The van der Waals surface area contributed by atoms with E-state index in [-0.39, 0.29) is 18.6 Å². The van der Waals surface area contributed by atoms with Crippen molar-refractivity contribution in [1.82, 2.24) is 14.5 Å². The van der Waals surface area contributed by atoms with Gasteiger partial charge in [-0.2, -0.15) is 0 Å². The van der Waals surface area contributed by atoms with Crippen LogP contribution in [0.25, 0.3) is 10.9 Å². The van der Waals surface area contributed by atoms with Crippen LogP contribution in [0.5, 0.6) is 0 Å². The molecule has 1 unspecified atom stereocenters. The number of carbonyl (C=O) groups excluding carboxylic acids is 1. The molecule has 7 heteroatoms. The number of rotatable bonds is 5. The molecular weight excluding hydrogens is 310 g/mol. The van der Waals surface area contributed by atoms with Crippen LogP contribution in [0.4, 0.5) is 0 Å². The molecule has 1 aromatic carbocycles. The second-order valence-corrected chi connectivity index (χ2v) is 5.87. The van der Waals surface area contributed by atoms with Crippen molar-refractivity contribution >= 4 is 16.8 Å². The third-order valence-electron chi connectivity index (χ3n) is 4.30. The zero-order valence-electron chi connectivity index (χ0n) is 13.7. The molecule has 1 N–H and O–H groups in total. The zero-order valence-corrected chi connectivity index (χ0v) is 13.7. The number of nitrogens with zero attached hydrogens (tertiary/aromatic N) is 2. The van der Waals surface area contributed by atoms with E-state index in [4.69, 9.17) is 4.74 Å². The first-order valence-electron chi connectivity index (χ1n) is 8.22. The monoisotopic (exact) mass is 331 g/mol. The van der Waals surface area contributed by atoms with Crippen LogP contribution in [-0.4, -0.2) is 34.3 Å². The van der Waals surface area contributed by atoms with Gasteiger partial charge in [-0.1, -0.05) is 12.1 Å². The van der Waals surface area contributed by atoms with Crippen LogP contribution in [0.15, 0.2) is 33.9 Å². The molecule has 3 rings (SSSR count). The van der Waals surface area contributed by atoms with Gasteiger partial charge in [-0.05, 0) is 31.9 Å². The Bertz CT molecular complexity index is 862. The lowest BCUT2D eigenvalue weighted by Crippen LogP contribution is -2.44. The summed E-state index contributed by atoms with van der Waals surface area (Å²) >= 11 is 0. The predicted molar refractivity (Wildman–Crippen MR) is 90.1 cm³/mol. The third-order valence-corrected chi connectivity index (χ3v) is 4.30. The Kier molecular flexibility index (Phi) is 4.80. The Balaban J connectivity index is 1.87. The van der Waals surface area contributed by atoms with Gasteiger partial charge in [0.25, 0.3) is 5.56 Å². The highest BCUT2D eigenvalue weighted by molar-refractivity contribution is 5.79. The highest BCUT2D eigenvalue weighted by atomic mass is 16.5. The molecule has 128 valence electrons. The van der Waals surface area contributed by atoms with E-state index in [1.807, 2.05) is 6.92 Å². The lowest BCUT2D eigenvalue weighted by Gasteiger charge is -2.14. The number of fused-ring (bicyclic) bond motifs is 1. The lowest BCUT2D eigenvalue weighted by atomic mass is 10.2. The first kappa shape index (κ1) is 16.4. The van der Waals surface area contributed by atoms with Crippen molar-refractivity contribution in [2.24, 2.45) is 0 Å². The summed E-state index contributed by atoms with van der Waals surface area (Å²) in [6.45, 7) is 3.10. The minimum Gasteiger partial charge on any atom is -0.376 e. The highest BCUT2D eigenvalue weighted by Gasteiger charge is 2.18. The van der Waals surface area contributed by atoms with Crippen molar-refractivity contribution in [2.75, 3.05) is 13.2 Å². The number of hydrogen-bond acceptors (Lipinski definition) is 4. The third kappa shape index (κ3) is 3.12. The van der Waals surface area contributed by atoms with E-state index >= 15 is 0 Å². The Morgan fingerprint density at radius 3 is 2.79 bits per heavy atom. The fraction of sp³-hybridized carbons (Fsp3) is 0.471. The molecule has 1 aliphatic heterocycles. The van der Waals surface area contributed by atoms with Gasteiger partial charge in [-0.15, -0.1) is 0 Å². The molecule has 0 aliphatic carbocycles. The van der Waals surface area contributed by atoms with Crippen LogP contribution < -0.4 is 16.6 Å². The van der Waals surface area contributed by atoms with E-state index in [9.17, 15) is 14.4 Å². The molecule has 1 atom stereocenters. The summed E-state index contributed by atoms with van der Waals surface area (Å²) < 4.78 is 7.95. The van der Waals surface area contributed by atoms with Crippen molar-refractivity contribution in [3.05, 3.63) is 45.1 Å². The maximum Gasteiger partial charge on any atom is 0.331 e. The normalized spacial score (nSPS) is 17.3. The number of carbonyl (C=O) groups is 1. The molecule has 2 heterocycles. The van der Waals surface area contributed by atoms with Crippen LogP contribution in [0.3, 0.4) is 0 Å². The van der Waals surface area contributed by atoms with E-state index in [1.165, 1.54) is 4.57 Å². The minimum absolute atomic E-state index is 0.0228.